The lowest BCUT2D eigenvalue weighted by Crippen LogP contribution is -2.29. The Morgan fingerprint density at radius 2 is 1.83 bits per heavy atom. The van der Waals surface area contributed by atoms with Gasteiger partial charge in [0.2, 0.25) is 0 Å². The van der Waals surface area contributed by atoms with Gasteiger partial charge in [-0.05, 0) is 49.4 Å². The number of anilines is 2. The number of rotatable bonds is 5. The SMILES string of the molecule is Cc1nc(C(=O)N(C)c2ccc(NC(=O)c3ccc(F)cc3Cl)cc2)c(C(N)=O)[nH]1. The van der Waals surface area contributed by atoms with Crippen LogP contribution < -0.4 is 16.0 Å². The summed E-state index contributed by atoms with van der Waals surface area (Å²) in [5, 5.41) is 2.64. The number of carbonyl (C=O) groups excluding carboxylic acids is 3. The number of primary amides is 1. The average molecular weight is 430 g/mol. The van der Waals surface area contributed by atoms with Crippen molar-refractivity contribution in [3.05, 3.63) is 76.1 Å². The van der Waals surface area contributed by atoms with Crippen molar-refractivity contribution in [3.63, 3.8) is 0 Å². The summed E-state index contributed by atoms with van der Waals surface area (Å²) in [5.74, 6) is -1.97. The van der Waals surface area contributed by atoms with Crippen molar-refractivity contribution >= 4 is 40.7 Å². The van der Waals surface area contributed by atoms with Gasteiger partial charge in [-0.3, -0.25) is 14.4 Å². The van der Waals surface area contributed by atoms with E-state index in [1.54, 1.807) is 31.2 Å². The van der Waals surface area contributed by atoms with Crippen molar-refractivity contribution in [1.29, 1.82) is 0 Å². The van der Waals surface area contributed by atoms with Gasteiger partial charge < -0.3 is 20.9 Å². The van der Waals surface area contributed by atoms with E-state index in [9.17, 15) is 18.8 Å². The minimum absolute atomic E-state index is 0.00555. The smallest absolute Gasteiger partial charge is 0.279 e. The summed E-state index contributed by atoms with van der Waals surface area (Å²) < 4.78 is 13.1. The van der Waals surface area contributed by atoms with E-state index in [1.807, 2.05) is 0 Å². The molecule has 3 rings (SSSR count). The highest BCUT2D eigenvalue weighted by Gasteiger charge is 2.24. The molecule has 1 aromatic heterocycles. The molecule has 0 spiro atoms. The molecule has 2 aromatic carbocycles. The molecule has 0 aliphatic heterocycles. The highest BCUT2D eigenvalue weighted by Crippen LogP contribution is 2.22. The van der Waals surface area contributed by atoms with Crippen LogP contribution in [0.15, 0.2) is 42.5 Å². The van der Waals surface area contributed by atoms with Crippen LogP contribution in [-0.2, 0) is 0 Å². The van der Waals surface area contributed by atoms with E-state index in [0.717, 1.165) is 12.1 Å². The highest BCUT2D eigenvalue weighted by molar-refractivity contribution is 6.34. The van der Waals surface area contributed by atoms with Gasteiger partial charge in [0.15, 0.2) is 5.69 Å². The molecule has 0 fully saturated rings. The maximum absolute atomic E-state index is 13.1. The maximum Gasteiger partial charge on any atom is 0.279 e. The minimum Gasteiger partial charge on any atom is -0.364 e. The van der Waals surface area contributed by atoms with Crippen LogP contribution in [0, 0.1) is 12.7 Å². The molecule has 4 N–H and O–H groups in total. The lowest BCUT2D eigenvalue weighted by Gasteiger charge is -2.17. The van der Waals surface area contributed by atoms with Gasteiger partial charge in [0.05, 0.1) is 10.6 Å². The first kappa shape index (κ1) is 21.0. The van der Waals surface area contributed by atoms with E-state index in [1.165, 1.54) is 18.0 Å². The number of halogens is 2. The van der Waals surface area contributed by atoms with Gasteiger partial charge in [0.25, 0.3) is 17.7 Å². The van der Waals surface area contributed by atoms with Crippen LogP contribution in [0.2, 0.25) is 5.02 Å². The van der Waals surface area contributed by atoms with Crippen molar-refractivity contribution in [2.45, 2.75) is 6.92 Å². The summed E-state index contributed by atoms with van der Waals surface area (Å²) in [5.41, 5.74) is 6.21. The van der Waals surface area contributed by atoms with Crippen molar-refractivity contribution in [3.8, 4) is 0 Å². The second kappa shape index (κ2) is 8.34. The first-order valence-corrected chi connectivity index (χ1v) is 9.06. The monoisotopic (exact) mass is 429 g/mol. The number of aromatic amines is 1. The third-order valence-corrected chi connectivity index (χ3v) is 4.58. The van der Waals surface area contributed by atoms with Gasteiger partial charge in [-0.1, -0.05) is 11.6 Å². The van der Waals surface area contributed by atoms with E-state index >= 15 is 0 Å². The Hall–Kier alpha value is -3.72. The molecule has 0 atom stereocenters. The fourth-order valence-electron chi connectivity index (χ4n) is 2.74. The standard InChI is InChI=1S/C20H17ClFN5O3/c1-10-24-16(18(23)28)17(25-10)20(30)27(2)13-6-4-12(5-7-13)26-19(29)14-8-3-11(22)9-15(14)21/h3-9H,1-2H3,(H2,23,28)(H,24,25)(H,26,29). The van der Waals surface area contributed by atoms with E-state index in [0.29, 0.717) is 17.2 Å². The van der Waals surface area contributed by atoms with Crippen molar-refractivity contribution in [1.82, 2.24) is 9.97 Å². The zero-order valence-electron chi connectivity index (χ0n) is 16.0. The fraction of sp³-hybridized carbons (Fsp3) is 0.100. The van der Waals surface area contributed by atoms with Crippen LogP contribution in [0.1, 0.15) is 37.2 Å². The number of aromatic nitrogens is 2. The van der Waals surface area contributed by atoms with Crippen LogP contribution >= 0.6 is 11.6 Å². The Morgan fingerprint density at radius 3 is 2.43 bits per heavy atom. The topological polar surface area (TPSA) is 121 Å². The van der Waals surface area contributed by atoms with Crippen LogP contribution in [0.3, 0.4) is 0 Å². The molecule has 30 heavy (non-hydrogen) atoms. The number of nitrogens with two attached hydrogens (primary N) is 1. The summed E-state index contributed by atoms with van der Waals surface area (Å²) in [6.45, 7) is 1.61. The second-order valence-corrected chi connectivity index (χ2v) is 6.81. The first-order valence-electron chi connectivity index (χ1n) is 8.68. The van der Waals surface area contributed by atoms with Gasteiger partial charge in [-0.2, -0.15) is 0 Å². The lowest BCUT2D eigenvalue weighted by atomic mass is 10.2. The van der Waals surface area contributed by atoms with Gasteiger partial charge in [-0.15, -0.1) is 0 Å². The van der Waals surface area contributed by atoms with E-state index in [4.69, 9.17) is 17.3 Å². The van der Waals surface area contributed by atoms with Crippen molar-refractivity contribution < 1.29 is 18.8 Å². The van der Waals surface area contributed by atoms with E-state index in [2.05, 4.69) is 15.3 Å². The predicted molar refractivity (Wildman–Crippen MR) is 110 cm³/mol. The molecular weight excluding hydrogens is 413 g/mol. The molecule has 0 saturated heterocycles. The van der Waals surface area contributed by atoms with E-state index < -0.39 is 23.5 Å². The largest absolute Gasteiger partial charge is 0.364 e. The Kier molecular flexibility index (Phi) is 5.84. The number of H-pyrrole nitrogens is 1. The molecule has 0 aliphatic carbocycles. The van der Waals surface area contributed by atoms with Gasteiger partial charge in [0, 0.05) is 18.4 Å². The summed E-state index contributed by atoms with van der Waals surface area (Å²) in [6.07, 6.45) is 0. The van der Waals surface area contributed by atoms with E-state index in [-0.39, 0.29) is 22.0 Å². The van der Waals surface area contributed by atoms with Gasteiger partial charge in [-0.25, -0.2) is 9.37 Å². The molecule has 0 radical (unpaired) electrons. The molecule has 8 nitrogen and oxygen atoms in total. The quantitative estimate of drug-likeness (QED) is 0.576. The minimum atomic E-state index is -0.787. The highest BCUT2D eigenvalue weighted by atomic mass is 35.5. The van der Waals surface area contributed by atoms with Crippen molar-refractivity contribution in [2.24, 2.45) is 5.73 Å². The molecule has 1 heterocycles. The molecule has 0 aliphatic rings. The number of nitrogens with zero attached hydrogens (tertiary/aromatic N) is 2. The van der Waals surface area contributed by atoms with Gasteiger partial charge in [0.1, 0.15) is 17.3 Å². The average Bonchev–Trinajstić information content (AvgIpc) is 3.09. The van der Waals surface area contributed by atoms with Crippen LogP contribution in [0.25, 0.3) is 0 Å². The third-order valence-electron chi connectivity index (χ3n) is 4.26. The number of imidazole rings is 1. The van der Waals surface area contributed by atoms with Crippen LogP contribution in [0.4, 0.5) is 15.8 Å². The Bertz CT molecular complexity index is 1140. The lowest BCUT2D eigenvalue weighted by molar-refractivity contribution is 0.0958. The zero-order chi connectivity index (χ0) is 22.0. The Morgan fingerprint density at radius 1 is 1.17 bits per heavy atom. The number of benzene rings is 2. The summed E-state index contributed by atoms with van der Waals surface area (Å²) >= 11 is 5.90. The summed E-state index contributed by atoms with van der Waals surface area (Å²) in [7, 11) is 1.52. The second-order valence-electron chi connectivity index (χ2n) is 6.40. The molecule has 10 heteroatoms. The first-order chi connectivity index (χ1) is 14.2. The molecule has 0 bridgehead atoms. The van der Waals surface area contributed by atoms with Crippen LogP contribution in [-0.4, -0.2) is 34.7 Å². The number of amides is 3. The molecule has 3 aromatic rings. The Balaban J connectivity index is 1.76. The number of hydrogen-bond donors (Lipinski definition) is 3. The number of carbonyl (C=O) groups is 3. The molecule has 0 unspecified atom stereocenters. The number of aryl methyl sites for hydroxylation is 1. The molecule has 154 valence electrons. The molecular formula is C20H17ClFN5O3. The normalized spacial score (nSPS) is 10.5. The fourth-order valence-corrected chi connectivity index (χ4v) is 2.99. The Labute approximate surface area is 175 Å². The van der Waals surface area contributed by atoms with Gasteiger partial charge >= 0.3 is 0 Å². The number of nitrogens with one attached hydrogen (secondary N) is 2. The molecule has 3 amide bonds. The third kappa shape index (κ3) is 4.31. The molecule has 0 saturated carbocycles. The maximum atomic E-state index is 13.1. The zero-order valence-corrected chi connectivity index (χ0v) is 16.7. The predicted octanol–water partition coefficient (Wildman–Crippen LogP) is 3.14. The number of hydrogen-bond acceptors (Lipinski definition) is 4. The van der Waals surface area contributed by atoms with Crippen molar-refractivity contribution in [2.75, 3.05) is 17.3 Å². The van der Waals surface area contributed by atoms with Crippen LogP contribution in [0.5, 0.6) is 0 Å². The summed E-state index contributed by atoms with van der Waals surface area (Å²) in [6, 6.07) is 9.85. The summed E-state index contributed by atoms with van der Waals surface area (Å²) in [4.78, 5) is 44.6.